The number of rotatable bonds is 7. The highest BCUT2D eigenvalue weighted by atomic mass is 16.5. The molecule has 0 fully saturated rings. The maximum absolute atomic E-state index is 11.9. The molecule has 22 heavy (non-hydrogen) atoms. The maximum atomic E-state index is 11.9. The van der Waals surface area contributed by atoms with E-state index in [0.717, 1.165) is 42.0 Å². The van der Waals surface area contributed by atoms with Crippen molar-refractivity contribution in [2.24, 2.45) is 0 Å². The average molecular weight is 301 g/mol. The van der Waals surface area contributed by atoms with Crippen LogP contribution in [0.4, 0.5) is 0 Å². The summed E-state index contributed by atoms with van der Waals surface area (Å²) in [6.45, 7) is 5.60. The molecule has 5 nitrogen and oxygen atoms in total. The molecule has 0 atom stereocenters. The molecule has 0 unspecified atom stereocenters. The Morgan fingerprint density at radius 3 is 2.82 bits per heavy atom. The Morgan fingerprint density at radius 1 is 1.32 bits per heavy atom. The lowest BCUT2D eigenvalue weighted by molar-refractivity contribution is 0.412. The predicted molar refractivity (Wildman–Crippen MR) is 88.2 cm³/mol. The van der Waals surface area contributed by atoms with Crippen molar-refractivity contribution in [3.05, 3.63) is 45.7 Å². The minimum atomic E-state index is -0.141. The molecule has 1 aromatic heterocycles. The van der Waals surface area contributed by atoms with E-state index < -0.39 is 0 Å². The summed E-state index contributed by atoms with van der Waals surface area (Å²) in [5.74, 6) is 0.842. The molecule has 0 amide bonds. The van der Waals surface area contributed by atoms with E-state index in [1.54, 1.807) is 7.11 Å². The average Bonchev–Trinajstić information content (AvgIpc) is 2.53. The van der Waals surface area contributed by atoms with Crippen LogP contribution in [-0.2, 0) is 6.54 Å². The molecular formula is C17H23N3O2. The lowest BCUT2D eigenvalue weighted by Crippen LogP contribution is -2.22. The first-order valence-corrected chi connectivity index (χ1v) is 7.60. The highest BCUT2D eigenvalue weighted by Crippen LogP contribution is 2.24. The zero-order chi connectivity index (χ0) is 15.9. The van der Waals surface area contributed by atoms with E-state index in [2.05, 4.69) is 22.4 Å². The molecule has 1 heterocycles. The van der Waals surface area contributed by atoms with Crippen molar-refractivity contribution in [2.45, 2.75) is 33.2 Å². The molecule has 2 rings (SSSR count). The molecule has 1 aromatic carbocycles. The van der Waals surface area contributed by atoms with Crippen molar-refractivity contribution in [1.29, 1.82) is 0 Å². The van der Waals surface area contributed by atoms with Gasteiger partial charge in [0.25, 0.3) is 5.56 Å². The van der Waals surface area contributed by atoms with Gasteiger partial charge in [-0.1, -0.05) is 13.3 Å². The maximum Gasteiger partial charge on any atom is 0.268 e. The number of hydrogen-bond acceptors (Lipinski definition) is 4. The van der Waals surface area contributed by atoms with Crippen LogP contribution in [0.25, 0.3) is 11.3 Å². The summed E-state index contributed by atoms with van der Waals surface area (Å²) in [5, 5.41) is 10.0. The van der Waals surface area contributed by atoms with E-state index in [4.69, 9.17) is 4.74 Å². The molecule has 0 spiro atoms. The van der Waals surface area contributed by atoms with Crippen LogP contribution in [0, 0.1) is 6.92 Å². The van der Waals surface area contributed by atoms with E-state index in [9.17, 15) is 4.79 Å². The second kappa shape index (κ2) is 7.75. The van der Waals surface area contributed by atoms with Crippen LogP contribution in [-0.4, -0.2) is 23.9 Å². The van der Waals surface area contributed by atoms with Crippen molar-refractivity contribution >= 4 is 0 Å². The minimum Gasteiger partial charge on any atom is -0.496 e. The fourth-order valence-corrected chi connectivity index (χ4v) is 2.29. The van der Waals surface area contributed by atoms with Gasteiger partial charge in [0.2, 0.25) is 0 Å². The molecule has 0 radical (unpaired) electrons. The van der Waals surface area contributed by atoms with Crippen molar-refractivity contribution in [1.82, 2.24) is 15.5 Å². The van der Waals surface area contributed by atoms with Gasteiger partial charge in [0, 0.05) is 17.7 Å². The van der Waals surface area contributed by atoms with Crippen LogP contribution in [0.3, 0.4) is 0 Å². The van der Waals surface area contributed by atoms with E-state index in [-0.39, 0.29) is 5.56 Å². The number of aromatic nitrogens is 2. The van der Waals surface area contributed by atoms with Crippen LogP contribution in [0.5, 0.6) is 5.75 Å². The van der Waals surface area contributed by atoms with Gasteiger partial charge >= 0.3 is 0 Å². The van der Waals surface area contributed by atoms with Gasteiger partial charge in [-0.05, 0) is 49.7 Å². The molecule has 2 N–H and O–H groups in total. The number of aromatic amines is 1. The number of nitrogens with one attached hydrogen (secondary N) is 2. The molecule has 2 aromatic rings. The quantitative estimate of drug-likeness (QED) is 0.772. The van der Waals surface area contributed by atoms with Gasteiger partial charge in [-0.3, -0.25) is 4.79 Å². The highest BCUT2D eigenvalue weighted by molar-refractivity contribution is 5.62. The number of benzene rings is 1. The van der Waals surface area contributed by atoms with Gasteiger partial charge in [-0.2, -0.15) is 5.10 Å². The molecule has 118 valence electrons. The first kappa shape index (κ1) is 16.2. The number of ether oxygens (including phenoxy) is 1. The fourth-order valence-electron chi connectivity index (χ4n) is 2.29. The summed E-state index contributed by atoms with van der Waals surface area (Å²) >= 11 is 0. The smallest absolute Gasteiger partial charge is 0.268 e. The van der Waals surface area contributed by atoms with E-state index in [0.29, 0.717) is 12.1 Å². The Bertz CT molecular complexity index is 680. The number of hydrogen-bond donors (Lipinski definition) is 2. The monoisotopic (exact) mass is 301 g/mol. The molecule has 0 aliphatic rings. The van der Waals surface area contributed by atoms with Gasteiger partial charge in [-0.25, -0.2) is 5.10 Å². The van der Waals surface area contributed by atoms with Gasteiger partial charge < -0.3 is 10.1 Å². The summed E-state index contributed by atoms with van der Waals surface area (Å²) in [7, 11) is 1.65. The second-order valence-electron chi connectivity index (χ2n) is 5.32. The van der Waals surface area contributed by atoms with E-state index >= 15 is 0 Å². The lowest BCUT2D eigenvalue weighted by Gasteiger charge is -2.08. The summed E-state index contributed by atoms with van der Waals surface area (Å²) in [5.41, 5.74) is 3.32. The zero-order valence-electron chi connectivity index (χ0n) is 13.4. The van der Waals surface area contributed by atoms with Crippen LogP contribution >= 0.6 is 0 Å². The Labute approximate surface area is 130 Å². The Morgan fingerprint density at radius 2 is 2.14 bits per heavy atom. The Hall–Kier alpha value is -2.14. The highest BCUT2D eigenvalue weighted by Gasteiger charge is 2.07. The van der Waals surface area contributed by atoms with Crippen LogP contribution < -0.4 is 15.6 Å². The molecule has 5 heteroatoms. The minimum absolute atomic E-state index is 0.141. The summed E-state index contributed by atoms with van der Waals surface area (Å²) < 4.78 is 5.27. The predicted octanol–water partition coefficient (Wildman–Crippen LogP) is 2.64. The SMILES string of the molecule is CCCCNCc1cc(-c2ccc(OC)c(C)c2)n[nH]c1=O. The van der Waals surface area contributed by atoms with Crippen LogP contribution in [0.15, 0.2) is 29.1 Å². The first-order chi connectivity index (χ1) is 10.7. The Kier molecular flexibility index (Phi) is 5.72. The first-order valence-electron chi connectivity index (χ1n) is 7.60. The summed E-state index contributed by atoms with van der Waals surface area (Å²) in [6, 6.07) is 7.71. The number of unbranched alkanes of at least 4 members (excludes halogenated alkanes) is 1. The van der Waals surface area contributed by atoms with E-state index in [1.165, 1.54) is 0 Å². The van der Waals surface area contributed by atoms with Crippen LogP contribution in [0.2, 0.25) is 0 Å². The Balaban J connectivity index is 2.21. The second-order valence-corrected chi connectivity index (χ2v) is 5.32. The number of nitrogens with zero attached hydrogens (tertiary/aromatic N) is 1. The van der Waals surface area contributed by atoms with Crippen molar-refractivity contribution in [3.8, 4) is 17.0 Å². The van der Waals surface area contributed by atoms with Crippen LogP contribution in [0.1, 0.15) is 30.9 Å². The lowest BCUT2D eigenvalue weighted by atomic mass is 10.1. The van der Waals surface area contributed by atoms with Gasteiger partial charge in [0.1, 0.15) is 5.75 Å². The molecular weight excluding hydrogens is 278 g/mol. The van der Waals surface area contributed by atoms with Crippen molar-refractivity contribution in [2.75, 3.05) is 13.7 Å². The normalized spacial score (nSPS) is 10.7. The standard InChI is InChI=1S/C17H23N3O2/c1-4-5-8-18-11-14-10-15(19-20-17(14)21)13-6-7-16(22-3)12(2)9-13/h6-7,9-10,18H,4-5,8,11H2,1-3H3,(H,20,21). The summed E-state index contributed by atoms with van der Waals surface area (Å²) in [4.78, 5) is 11.9. The zero-order valence-corrected chi connectivity index (χ0v) is 13.4. The number of methoxy groups -OCH3 is 1. The third kappa shape index (κ3) is 3.95. The number of aryl methyl sites for hydroxylation is 1. The van der Waals surface area contributed by atoms with Crippen molar-refractivity contribution in [3.63, 3.8) is 0 Å². The number of H-pyrrole nitrogens is 1. The topological polar surface area (TPSA) is 67.0 Å². The van der Waals surface area contributed by atoms with Gasteiger partial charge in [-0.15, -0.1) is 0 Å². The largest absolute Gasteiger partial charge is 0.496 e. The third-order valence-electron chi connectivity index (χ3n) is 3.59. The third-order valence-corrected chi connectivity index (χ3v) is 3.59. The van der Waals surface area contributed by atoms with Gasteiger partial charge in [0.05, 0.1) is 12.8 Å². The molecule has 0 saturated heterocycles. The van der Waals surface area contributed by atoms with Gasteiger partial charge in [0.15, 0.2) is 0 Å². The molecule has 0 saturated carbocycles. The van der Waals surface area contributed by atoms with E-state index in [1.807, 2.05) is 31.2 Å². The molecule has 0 aliphatic heterocycles. The summed E-state index contributed by atoms with van der Waals surface area (Å²) in [6.07, 6.45) is 2.24. The molecule has 0 aliphatic carbocycles. The van der Waals surface area contributed by atoms with Crippen molar-refractivity contribution < 1.29 is 4.74 Å². The molecule has 0 bridgehead atoms. The fraction of sp³-hybridized carbons (Fsp3) is 0.412.